The summed E-state index contributed by atoms with van der Waals surface area (Å²) < 4.78 is 0. The summed E-state index contributed by atoms with van der Waals surface area (Å²) >= 11 is 5.91. The van der Waals surface area contributed by atoms with Gasteiger partial charge in [-0.05, 0) is 42.2 Å². The molecule has 0 aromatic heterocycles. The van der Waals surface area contributed by atoms with Crippen molar-refractivity contribution in [2.24, 2.45) is 0 Å². The fourth-order valence-corrected chi connectivity index (χ4v) is 2.72. The highest BCUT2D eigenvalue weighted by molar-refractivity contribution is 6.32. The van der Waals surface area contributed by atoms with Crippen molar-refractivity contribution in [3.63, 3.8) is 0 Å². The molecular formula is C16H17ClN2O. The highest BCUT2D eigenvalue weighted by atomic mass is 35.5. The van der Waals surface area contributed by atoms with E-state index in [-0.39, 0.29) is 5.75 Å². The summed E-state index contributed by atoms with van der Waals surface area (Å²) in [4.78, 5) is 0. The molecule has 1 aliphatic rings. The van der Waals surface area contributed by atoms with Gasteiger partial charge in [0.2, 0.25) is 0 Å². The molecule has 3 N–H and O–H groups in total. The molecule has 0 atom stereocenters. The average Bonchev–Trinajstić information content (AvgIpc) is 2.48. The second-order valence-corrected chi connectivity index (χ2v) is 5.41. The van der Waals surface area contributed by atoms with E-state index in [0.29, 0.717) is 5.02 Å². The second kappa shape index (κ2) is 5.63. The van der Waals surface area contributed by atoms with E-state index in [0.717, 1.165) is 25.2 Å². The number of aromatic hydroxyl groups is 1. The molecule has 4 heteroatoms. The van der Waals surface area contributed by atoms with Crippen molar-refractivity contribution in [1.82, 2.24) is 0 Å². The molecule has 3 rings (SSSR count). The molecule has 0 radical (unpaired) electrons. The van der Waals surface area contributed by atoms with Gasteiger partial charge in [0, 0.05) is 24.5 Å². The number of aryl methyl sites for hydroxylation is 1. The third-order valence-electron chi connectivity index (χ3n) is 3.59. The largest absolute Gasteiger partial charge is 0.506 e. The standard InChI is InChI=1S/C16H17ClN2O/c17-14-9-13(6-7-15(14)20)19-10-12-4-1-3-11-5-2-8-18-16(11)12/h1,3-4,6-7,9,18-20H,2,5,8,10H2. The Labute approximate surface area is 123 Å². The van der Waals surface area contributed by atoms with Crippen LogP contribution in [0, 0.1) is 0 Å². The van der Waals surface area contributed by atoms with Gasteiger partial charge in [-0.3, -0.25) is 0 Å². The molecule has 20 heavy (non-hydrogen) atoms. The maximum atomic E-state index is 9.42. The summed E-state index contributed by atoms with van der Waals surface area (Å²) in [7, 11) is 0. The fraction of sp³-hybridized carbons (Fsp3) is 0.250. The van der Waals surface area contributed by atoms with Crippen LogP contribution in [0.15, 0.2) is 36.4 Å². The SMILES string of the molecule is Oc1ccc(NCc2cccc3c2NCCC3)cc1Cl. The fourth-order valence-electron chi connectivity index (χ4n) is 2.54. The molecule has 0 saturated heterocycles. The highest BCUT2D eigenvalue weighted by Gasteiger charge is 2.11. The van der Waals surface area contributed by atoms with Gasteiger partial charge in [-0.2, -0.15) is 0 Å². The minimum atomic E-state index is 0.107. The number of benzene rings is 2. The van der Waals surface area contributed by atoms with Crippen LogP contribution in [0.1, 0.15) is 17.5 Å². The van der Waals surface area contributed by atoms with E-state index in [9.17, 15) is 5.11 Å². The van der Waals surface area contributed by atoms with E-state index in [1.165, 1.54) is 23.2 Å². The highest BCUT2D eigenvalue weighted by Crippen LogP contribution is 2.29. The quantitative estimate of drug-likeness (QED) is 0.748. The number of rotatable bonds is 3. The Morgan fingerprint density at radius 3 is 3.00 bits per heavy atom. The topological polar surface area (TPSA) is 44.3 Å². The molecule has 1 heterocycles. The summed E-state index contributed by atoms with van der Waals surface area (Å²) in [6.07, 6.45) is 2.33. The van der Waals surface area contributed by atoms with Crippen LogP contribution < -0.4 is 10.6 Å². The number of hydrogen-bond acceptors (Lipinski definition) is 3. The lowest BCUT2D eigenvalue weighted by Crippen LogP contribution is -2.14. The number of hydrogen-bond donors (Lipinski definition) is 3. The Kier molecular flexibility index (Phi) is 3.70. The minimum absolute atomic E-state index is 0.107. The Morgan fingerprint density at radius 1 is 1.25 bits per heavy atom. The third kappa shape index (κ3) is 2.68. The molecule has 1 aliphatic heterocycles. The van der Waals surface area contributed by atoms with E-state index < -0.39 is 0 Å². The van der Waals surface area contributed by atoms with Gasteiger partial charge in [0.05, 0.1) is 5.02 Å². The van der Waals surface area contributed by atoms with Crippen LogP contribution in [-0.2, 0) is 13.0 Å². The van der Waals surface area contributed by atoms with Crippen molar-refractivity contribution in [2.45, 2.75) is 19.4 Å². The predicted molar refractivity (Wildman–Crippen MR) is 83.7 cm³/mol. The van der Waals surface area contributed by atoms with Gasteiger partial charge in [0.25, 0.3) is 0 Å². The van der Waals surface area contributed by atoms with E-state index in [2.05, 4.69) is 28.8 Å². The van der Waals surface area contributed by atoms with Crippen molar-refractivity contribution in [3.05, 3.63) is 52.5 Å². The van der Waals surface area contributed by atoms with Crippen LogP contribution >= 0.6 is 11.6 Å². The van der Waals surface area contributed by atoms with Gasteiger partial charge in [-0.25, -0.2) is 0 Å². The van der Waals surface area contributed by atoms with Crippen molar-refractivity contribution in [1.29, 1.82) is 0 Å². The lowest BCUT2D eigenvalue weighted by Gasteiger charge is -2.21. The van der Waals surface area contributed by atoms with Gasteiger partial charge in [0.15, 0.2) is 0 Å². The minimum Gasteiger partial charge on any atom is -0.506 e. The molecule has 0 bridgehead atoms. The maximum Gasteiger partial charge on any atom is 0.134 e. The van der Waals surface area contributed by atoms with E-state index in [1.807, 2.05) is 6.07 Å². The van der Waals surface area contributed by atoms with Gasteiger partial charge in [-0.1, -0.05) is 29.8 Å². The van der Waals surface area contributed by atoms with Gasteiger partial charge < -0.3 is 15.7 Å². The number of fused-ring (bicyclic) bond motifs is 1. The zero-order chi connectivity index (χ0) is 13.9. The zero-order valence-electron chi connectivity index (χ0n) is 11.1. The first-order valence-corrected chi connectivity index (χ1v) is 7.19. The van der Waals surface area contributed by atoms with Gasteiger partial charge >= 0.3 is 0 Å². The maximum absolute atomic E-state index is 9.42. The molecule has 0 amide bonds. The first kappa shape index (κ1) is 13.1. The van der Waals surface area contributed by atoms with Crippen LogP contribution in [0.3, 0.4) is 0 Å². The summed E-state index contributed by atoms with van der Waals surface area (Å²) in [6.45, 7) is 1.77. The third-order valence-corrected chi connectivity index (χ3v) is 3.90. The number of nitrogens with one attached hydrogen (secondary N) is 2. The summed E-state index contributed by atoms with van der Waals surface area (Å²) in [6, 6.07) is 11.6. The van der Waals surface area contributed by atoms with Crippen LogP contribution in [-0.4, -0.2) is 11.7 Å². The lowest BCUT2D eigenvalue weighted by atomic mass is 9.99. The average molecular weight is 289 g/mol. The molecule has 0 aliphatic carbocycles. The second-order valence-electron chi connectivity index (χ2n) is 5.00. The van der Waals surface area contributed by atoms with E-state index in [4.69, 9.17) is 11.6 Å². The predicted octanol–water partition coefficient (Wildman–Crippen LogP) is 4.02. The van der Waals surface area contributed by atoms with Gasteiger partial charge in [-0.15, -0.1) is 0 Å². The first-order chi connectivity index (χ1) is 9.74. The van der Waals surface area contributed by atoms with Gasteiger partial charge in [0.1, 0.15) is 5.75 Å². The first-order valence-electron chi connectivity index (χ1n) is 6.81. The van der Waals surface area contributed by atoms with Crippen molar-refractivity contribution >= 4 is 23.0 Å². The zero-order valence-corrected chi connectivity index (χ0v) is 11.9. The summed E-state index contributed by atoms with van der Waals surface area (Å²) in [5.74, 6) is 0.107. The van der Waals surface area contributed by atoms with Crippen LogP contribution in [0.2, 0.25) is 5.02 Å². The van der Waals surface area contributed by atoms with Crippen LogP contribution in [0.5, 0.6) is 5.75 Å². The number of anilines is 2. The molecule has 0 unspecified atom stereocenters. The molecule has 0 saturated carbocycles. The number of halogens is 1. The number of para-hydroxylation sites is 1. The number of phenols is 1. The van der Waals surface area contributed by atoms with Crippen molar-refractivity contribution in [3.8, 4) is 5.75 Å². The van der Waals surface area contributed by atoms with E-state index >= 15 is 0 Å². The smallest absolute Gasteiger partial charge is 0.134 e. The van der Waals surface area contributed by atoms with Crippen molar-refractivity contribution < 1.29 is 5.11 Å². The Balaban J connectivity index is 1.76. The Morgan fingerprint density at radius 2 is 2.15 bits per heavy atom. The molecule has 2 aromatic carbocycles. The lowest BCUT2D eigenvalue weighted by molar-refractivity contribution is 0.475. The van der Waals surface area contributed by atoms with Crippen molar-refractivity contribution in [2.75, 3.05) is 17.2 Å². The Bertz CT molecular complexity index is 628. The molecule has 104 valence electrons. The monoisotopic (exact) mass is 288 g/mol. The molecular weight excluding hydrogens is 272 g/mol. The summed E-state index contributed by atoms with van der Waals surface area (Å²) in [5, 5.41) is 16.6. The van der Waals surface area contributed by atoms with Crippen LogP contribution in [0.25, 0.3) is 0 Å². The molecule has 0 fully saturated rings. The normalized spacial score (nSPS) is 13.4. The Hall–Kier alpha value is -1.87. The summed E-state index contributed by atoms with van der Waals surface area (Å²) in [5.41, 5.74) is 4.81. The molecule has 0 spiro atoms. The molecule has 3 nitrogen and oxygen atoms in total. The number of phenolic OH excluding ortho intramolecular Hbond substituents is 1. The van der Waals surface area contributed by atoms with E-state index in [1.54, 1.807) is 12.1 Å². The van der Waals surface area contributed by atoms with Crippen LogP contribution in [0.4, 0.5) is 11.4 Å². The molecule has 2 aromatic rings.